The van der Waals surface area contributed by atoms with Crippen molar-refractivity contribution in [1.82, 2.24) is 4.98 Å². The maximum Gasteiger partial charge on any atom is 0.356 e. The van der Waals surface area contributed by atoms with E-state index in [-0.39, 0.29) is 18.8 Å². The van der Waals surface area contributed by atoms with E-state index in [0.717, 1.165) is 0 Å². The zero-order chi connectivity index (χ0) is 9.84. The summed E-state index contributed by atoms with van der Waals surface area (Å²) < 4.78 is 5.07. The van der Waals surface area contributed by atoms with E-state index in [1.165, 1.54) is 19.2 Å². The van der Waals surface area contributed by atoms with Crippen LogP contribution in [-0.2, 0) is 4.74 Å². The lowest BCUT2D eigenvalue weighted by atomic mass is 10.3. The standard InChI is InChI=1S/C8H6BrNO3.CH4/c1-13-8(12)7-3-5(9)2-6(4-11)10-7;/h2-4H,1H3;1H4. The lowest BCUT2D eigenvalue weighted by Crippen LogP contribution is -2.05. The predicted octanol–water partition coefficient (Wildman–Crippen LogP) is 2.08. The van der Waals surface area contributed by atoms with Gasteiger partial charge in [-0.3, -0.25) is 4.79 Å². The van der Waals surface area contributed by atoms with E-state index < -0.39 is 5.97 Å². The molecule has 0 amide bonds. The van der Waals surface area contributed by atoms with Crippen LogP contribution >= 0.6 is 15.9 Å². The lowest BCUT2D eigenvalue weighted by molar-refractivity contribution is 0.0594. The summed E-state index contributed by atoms with van der Waals surface area (Å²) in [5, 5.41) is 0. The maximum atomic E-state index is 11.0. The molecular weight excluding hydrogens is 250 g/mol. The molecule has 0 atom stereocenters. The Morgan fingerprint density at radius 3 is 2.71 bits per heavy atom. The van der Waals surface area contributed by atoms with Gasteiger partial charge in [0.05, 0.1) is 7.11 Å². The van der Waals surface area contributed by atoms with Gasteiger partial charge in [0, 0.05) is 4.47 Å². The number of nitrogens with zero attached hydrogens (tertiary/aromatic N) is 1. The third-order valence-electron chi connectivity index (χ3n) is 1.33. The van der Waals surface area contributed by atoms with Crippen molar-refractivity contribution in [2.24, 2.45) is 0 Å². The van der Waals surface area contributed by atoms with Gasteiger partial charge in [0.1, 0.15) is 11.4 Å². The van der Waals surface area contributed by atoms with E-state index in [4.69, 9.17) is 0 Å². The number of hydrogen-bond donors (Lipinski definition) is 0. The first-order chi connectivity index (χ1) is 6.17. The van der Waals surface area contributed by atoms with Crippen LogP contribution in [0.4, 0.5) is 0 Å². The van der Waals surface area contributed by atoms with Crippen LogP contribution in [0, 0.1) is 0 Å². The second-order valence-corrected chi connectivity index (χ2v) is 3.12. The zero-order valence-electron chi connectivity index (χ0n) is 6.78. The van der Waals surface area contributed by atoms with Gasteiger partial charge in [-0.05, 0) is 12.1 Å². The van der Waals surface area contributed by atoms with Crippen molar-refractivity contribution in [2.75, 3.05) is 7.11 Å². The molecule has 0 N–H and O–H groups in total. The average Bonchev–Trinajstić information content (AvgIpc) is 2.15. The molecule has 1 rings (SSSR count). The van der Waals surface area contributed by atoms with Gasteiger partial charge in [0.2, 0.25) is 0 Å². The van der Waals surface area contributed by atoms with E-state index in [1.807, 2.05) is 0 Å². The van der Waals surface area contributed by atoms with E-state index in [9.17, 15) is 9.59 Å². The average molecular weight is 260 g/mol. The van der Waals surface area contributed by atoms with E-state index in [1.54, 1.807) is 0 Å². The molecule has 0 aliphatic heterocycles. The highest BCUT2D eigenvalue weighted by atomic mass is 79.9. The minimum absolute atomic E-state index is 0. The van der Waals surface area contributed by atoms with Gasteiger partial charge in [-0.2, -0.15) is 0 Å². The molecule has 1 aromatic heterocycles. The molecule has 0 saturated carbocycles. The van der Waals surface area contributed by atoms with Crippen molar-refractivity contribution in [3.63, 3.8) is 0 Å². The van der Waals surface area contributed by atoms with Gasteiger partial charge in [-0.15, -0.1) is 0 Å². The van der Waals surface area contributed by atoms with Gasteiger partial charge in [-0.1, -0.05) is 23.4 Å². The molecule has 14 heavy (non-hydrogen) atoms. The van der Waals surface area contributed by atoms with Crippen molar-refractivity contribution in [3.05, 3.63) is 28.0 Å². The minimum Gasteiger partial charge on any atom is -0.464 e. The molecule has 1 heterocycles. The van der Waals surface area contributed by atoms with E-state index in [2.05, 4.69) is 25.7 Å². The second-order valence-electron chi connectivity index (χ2n) is 2.20. The quantitative estimate of drug-likeness (QED) is 0.603. The van der Waals surface area contributed by atoms with Crippen molar-refractivity contribution in [2.45, 2.75) is 7.43 Å². The third kappa shape index (κ3) is 2.92. The van der Waals surface area contributed by atoms with Crippen LogP contribution in [0.15, 0.2) is 16.6 Å². The Morgan fingerprint density at radius 1 is 1.57 bits per heavy atom. The number of carbonyl (C=O) groups is 2. The summed E-state index contributed by atoms with van der Waals surface area (Å²) in [6.07, 6.45) is 0.567. The SMILES string of the molecule is C.COC(=O)c1cc(Br)cc(C=O)n1. The first kappa shape index (κ1) is 12.8. The number of hydrogen-bond acceptors (Lipinski definition) is 4. The number of carbonyl (C=O) groups excluding carboxylic acids is 2. The Morgan fingerprint density at radius 2 is 2.21 bits per heavy atom. The molecule has 0 saturated heterocycles. The maximum absolute atomic E-state index is 11.0. The van der Waals surface area contributed by atoms with Crippen LogP contribution in [0.5, 0.6) is 0 Å². The Kier molecular flexibility index (Phi) is 5.01. The highest BCUT2D eigenvalue weighted by Crippen LogP contribution is 2.12. The van der Waals surface area contributed by atoms with Gasteiger partial charge in [0.25, 0.3) is 0 Å². The van der Waals surface area contributed by atoms with Gasteiger partial charge in [0.15, 0.2) is 6.29 Å². The highest BCUT2D eigenvalue weighted by Gasteiger charge is 2.09. The smallest absolute Gasteiger partial charge is 0.356 e. The molecule has 0 aliphatic carbocycles. The Balaban J connectivity index is 0.00000169. The summed E-state index contributed by atoms with van der Waals surface area (Å²) >= 11 is 3.14. The molecule has 0 aliphatic rings. The van der Waals surface area contributed by atoms with Crippen molar-refractivity contribution in [3.8, 4) is 0 Å². The van der Waals surface area contributed by atoms with Crippen LogP contribution in [0.2, 0.25) is 0 Å². The van der Waals surface area contributed by atoms with Gasteiger partial charge in [-0.25, -0.2) is 9.78 Å². The Bertz CT molecular complexity index is 352. The molecule has 0 unspecified atom stereocenters. The lowest BCUT2D eigenvalue weighted by Gasteiger charge is -1.99. The van der Waals surface area contributed by atoms with Crippen molar-refractivity contribution < 1.29 is 14.3 Å². The first-order valence-electron chi connectivity index (χ1n) is 3.38. The van der Waals surface area contributed by atoms with Crippen LogP contribution in [-0.4, -0.2) is 24.3 Å². The molecule has 0 fully saturated rings. The molecule has 0 radical (unpaired) electrons. The Hall–Kier alpha value is -1.23. The fourth-order valence-corrected chi connectivity index (χ4v) is 1.24. The van der Waals surface area contributed by atoms with Crippen LogP contribution in [0.25, 0.3) is 0 Å². The van der Waals surface area contributed by atoms with Crippen molar-refractivity contribution in [1.29, 1.82) is 0 Å². The highest BCUT2D eigenvalue weighted by molar-refractivity contribution is 9.10. The summed E-state index contributed by atoms with van der Waals surface area (Å²) in [5.41, 5.74) is 0.300. The molecule has 5 heteroatoms. The minimum atomic E-state index is -0.565. The van der Waals surface area contributed by atoms with Crippen LogP contribution < -0.4 is 0 Å². The zero-order valence-corrected chi connectivity index (χ0v) is 8.37. The number of esters is 1. The van der Waals surface area contributed by atoms with E-state index in [0.29, 0.717) is 10.8 Å². The number of aromatic nitrogens is 1. The monoisotopic (exact) mass is 259 g/mol. The number of rotatable bonds is 2. The molecule has 76 valence electrons. The molecule has 0 spiro atoms. The van der Waals surface area contributed by atoms with Gasteiger partial charge >= 0.3 is 5.97 Å². The normalized spacial score (nSPS) is 8.71. The molecular formula is C9H10BrNO3. The molecule has 0 bridgehead atoms. The number of aldehydes is 1. The molecule has 4 nitrogen and oxygen atoms in total. The third-order valence-corrected chi connectivity index (χ3v) is 1.78. The van der Waals surface area contributed by atoms with Gasteiger partial charge < -0.3 is 4.74 Å². The summed E-state index contributed by atoms with van der Waals surface area (Å²) in [6, 6.07) is 3.00. The Labute approximate surface area is 90.4 Å². The summed E-state index contributed by atoms with van der Waals surface area (Å²) in [5.74, 6) is -0.565. The number of pyridine rings is 1. The fraction of sp³-hybridized carbons (Fsp3) is 0.222. The molecule has 1 aromatic rings. The largest absolute Gasteiger partial charge is 0.464 e. The summed E-state index contributed by atoms with van der Waals surface area (Å²) in [7, 11) is 1.26. The topological polar surface area (TPSA) is 56.3 Å². The second kappa shape index (κ2) is 5.49. The summed E-state index contributed by atoms with van der Waals surface area (Å²) in [6.45, 7) is 0. The summed E-state index contributed by atoms with van der Waals surface area (Å²) in [4.78, 5) is 25.1. The molecule has 0 aromatic carbocycles. The number of ether oxygens (including phenoxy) is 1. The van der Waals surface area contributed by atoms with E-state index >= 15 is 0 Å². The number of halogens is 1. The van der Waals surface area contributed by atoms with Crippen molar-refractivity contribution >= 4 is 28.2 Å². The van der Waals surface area contributed by atoms with Crippen LogP contribution in [0.1, 0.15) is 28.4 Å². The first-order valence-corrected chi connectivity index (χ1v) is 4.17. The predicted molar refractivity (Wildman–Crippen MR) is 55.4 cm³/mol. The fourth-order valence-electron chi connectivity index (χ4n) is 0.787. The number of methoxy groups -OCH3 is 1. The van der Waals surface area contributed by atoms with Crippen LogP contribution in [0.3, 0.4) is 0 Å².